The zero-order valence-electron chi connectivity index (χ0n) is 13.0. The lowest BCUT2D eigenvalue weighted by atomic mass is 10.0. The molecule has 0 aliphatic carbocycles. The molecule has 0 saturated carbocycles. The molecule has 112 valence electrons. The van der Waals surface area contributed by atoms with Crippen molar-refractivity contribution in [3.63, 3.8) is 0 Å². The maximum absolute atomic E-state index is 5.55. The maximum Gasteiger partial charge on any atom is 0.0518 e. The molecule has 1 aromatic rings. The van der Waals surface area contributed by atoms with Gasteiger partial charge in [-0.1, -0.05) is 12.1 Å². The Morgan fingerprint density at radius 2 is 2.15 bits per heavy atom. The van der Waals surface area contributed by atoms with Crippen LogP contribution in [0.4, 0.5) is 5.69 Å². The highest BCUT2D eigenvalue weighted by Gasteiger charge is 2.11. The first-order valence-electron chi connectivity index (χ1n) is 7.86. The fraction of sp³-hybridized carbons (Fsp3) is 0.647. The van der Waals surface area contributed by atoms with Crippen LogP contribution >= 0.6 is 0 Å². The largest absolute Gasteiger partial charge is 0.384 e. The van der Waals surface area contributed by atoms with E-state index in [1.807, 2.05) is 0 Å². The summed E-state index contributed by atoms with van der Waals surface area (Å²) in [6.07, 6.45) is 3.68. The van der Waals surface area contributed by atoms with Crippen LogP contribution in [0.25, 0.3) is 0 Å². The third-order valence-electron chi connectivity index (χ3n) is 3.69. The van der Waals surface area contributed by atoms with E-state index in [2.05, 4.69) is 49.6 Å². The van der Waals surface area contributed by atoms with Crippen LogP contribution in [0.15, 0.2) is 18.2 Å². The first-order chi connectivity index (χ1) is 9.65. The summed E-state index contributed by atoms with van der Waals surface area (Å²) in [5, 5.41) is 6.99. The van der Waals surface area contributed by atoms with Gasteiger partial charge >= 0.3 is 0 Å². The predicted octanol–water partition coefficient (Wildman–Crippen LogP) is 2.99. The van der Waals surface area contributed by atoms with Gasteiger partial charge in [-0.05, 0) is 63.8 Å². The van der Waals surface area contributed by atoms with E-state index >= 15 is 0 Å². The van der Waals surface area contributed by atoms with Gasteiger partial charge in [0.15, 0.2) is 0 Å². The third kappa shape index (κ3) is 4.80. The fourth-order valence-corrected chi connectivity index (χ4v) is 2.65. The molecule has 0 saturated heterocycles. The van der Waals surface area contributed by atoms with Crippen molar-refractivity contribution in [2.24, 2.45) is 0 Å². The van der Waals surface area contributed by atoms with Crippen molar-refractivity contribution in [2.45, 2.75) is 52.2 Å². The summed E-state index contributed by atoms with van der Waals surface area (Å²) in [6.45, 7) is 9.39. The molecule has 0 aromatic heterocycles. The zero-order chi connectivity index (χ0) is 14.4. The second-order valence-corrected chi connectivity index (χ2v) is 6.00. The second-order valence-electron chi connectivity index (χ2n) is 6.00. The van der Waals surface area contributed by atoms with E-state index in [0.717, 1.165) is 39.0 Å². The lowest BCUT2D eigenvalue weighted by molar-refractivity contribution is 0.0768. The van der Waals surface area contributed by atoms with Crippen LogP contribution in [0.2, 0.25) is 0 Å². The van der Waals surface area contributed by atoms with E-state index in [9.17, 15) is 0 Å². The van der Waals surface area contributed by atoms with E-state index in [-0.39, 0.29) is 0 Å². The van der Waals surface area contributed by atoms with E-state index < -0.39 is 0 Å². The average molecular weight is 276 g/mol. The topological polar surface area (TPSA) is 33.3 Å². The number of rotatable bonds is 8. The van der Waals surface area contributed by atoms with Crippen molar-refractivity contribution in [3.05, 3.63) is 29.3 Å². The first-order valence-corrected chi connectivity index (χ1v) is 7.86. The molecule has 1 heterocycles. The Hall–Kier alpha value is -1.06. The SMILES string of the molecule is CC(Cc1ccc2c(c1)CCN2)NCCCOC(C)C. The molecular weight excluding hydrogens is 248 g/mol. The fourth-order valence-electron chi connectivity index (χ4n) is 2.65. The van der Waals surface area contributed by atoms with Crippen molar-refractivity contribution in [1.29, 1.82) is 0 Å². The van der Waals surface area contributed by atoms with Crippen molar-refractivity contribution < 1.29 is 4.74 Å². The number of anilines is 1. The maximum atomic E-state index is 5.55. The lowest BCUT2D eigenvalue weighted by Gasteiger charge is -2.15. The predicted molar refractivity (Wildman–Crippen MR) is 85.5 cm³/mol. The Bertz CT molecular complexity index is 417. The minimum absolute atomic E-state index is 0.340. The van der Waals surface area contributed by atoms with Crippen LogP contribution in [-0.4, -0.2) is 31.8 Å². The lowest BCUT2D eigenvalue weighted by Crippen LogP contribution is -2.29. The van der Waals surface area contributed by atoms with Crippen LogP contribution < -0.4 is 10.6 Å². The normalized spacial score (nSPS) is 15.2. The van der Waals surface area contributed by atoms with Gasteiger partial charge in [-0.3, -0.25) is 0 Å². The summed E-state index contributed by atoms with van der Waals surface area (Å²) in [4.78, 5) is 0. The molecule has 3 heteroatoms. The van der Waals surface area contributed by atoms with Crippen LogP contribution in [-0.2, 0) is 17.6 Å². The van der Waals surface area contributed by atoms with Gasteiger partial charge in [0.2, 0.25) is 0 Å². The quantitative estimate of drug-likeness (QED) is 0.716. The number of ether oxygens (including phenoxy) is 1. The van der Waals surface area contributed by atoms with Gasteiger partial charge in [0, 0.05) is 24.9 Å². The second kappa shape index (κ2) is 7.65. The Kier molecular flexibility index (Phi) is 5.86. The summed E-state index contributed by atoms with van der Waals surface area (Å²) < 4.78 is 5.55. The van der Waals surface area contributed by atoms with Gasteiger partial charge < -0.3 is 15.4 Å². The van der Waals surface area contributed by atoms with E-state index in [0.29, 0.717) is 12.1 Å². The van der Waals surface area contributed by atoms with Gasteiger partial charge in [-0.2, -0.15) is 0 Å². The molecule has 2 N–H and O–H groups in total. The summed E-state index contributed by atoms with van der Waals surface area (Å²) in [5.41, 5.74) is 4.23. The van der Waals surface area contributed by atoms with Crippen LogP contribution in [0.1, 0.15) is 38.3 Å². The Morgan fingerprint density at radius 1 is 1.30 bits per heavy atom. The Balaban J connectivity index is 1.68. The molecule has 1 unspecified atom stereocenters. The standard InChI is InChI=1S/C17H28N2O/c1-13(2)20-10-4-8-18-14(3)11-15-5-6-17-16(12-15)7-9-19-17/h5-6,12-14,18-19H,4,7-11H2,1-3H3. The number of fused-ring (bicyclic) bond motifs is 1. The zero-order valence-corrected chi connectivity index (χ0v) is 13.0. The van der Waals surface area contributed by atoms with E-state index in [1.165, 1.54) is 16.8 Å². The van der Waals surface area contributed by atoms with Crippen molar-refractivity contribution in [3.8, 4) is 0 Å². The van der Waals surface area contributed by atoms with E-state index in [4.69, 9.17) is 4.74 Å². The molecule has 0 fully saturated rings. The molecule has 1 aliphatic heterocycles. The van der Waals surface area contributed by atoms with Gasteiger partial charge in [-0.15, -0.1) is 0 Å². The van der Waals surface area contributed by atoms with E-state index in [1.54, 1.807) is 0 Å². The molecule has 0 radical (unpaired) electrons. The molecule has 0 bridgehead atoms. The molecule has 20 heavy (non-hydrogen) atoms. The number of nitrogens with one attached hydrogen (secondary N) is 2. The van der Waals surface area contributed by atoms with Gasteiger partial charge in [0.1, 0.15) is 0 Å². The number of hydrogen-bond acceptors (Lipinski definition) is 3. The van der Waals surface area contributed by atoms with Gasteiger partial charge in [0.05, 0.1) is 6.10 Å². The minimum atomic E-state index is 0.340. The summed E-state index contributed by atoms with van der Waals surface area (Å²) in [5.74, 6) is 0. The summed E-state index contributed by atoms with van der Waals surface area (Å²) in [6, 6.07) is 7.34. The highest BCUT2D eigenvalue weighted by atomic mass is 16.5. The molecule has 3 nitrogen and oxygen atoms in total. The highest BCUT2D eigenvalue weighted by Crippen LogP contribution is 2.23. The van der Waals surface area contributed by atoms with Crippen molar-refractivity contribution >= 4 is 5.69 Å². The average Bonchev–Trinajstić information content (AvgIpc) is 2.85. The Labute approximate surface area is 123 Å². The highest BCUT2D eigenvalue weighted by molar-refractivity contribution is 5.56. The van der Waals surface area contributed by atoms with Crippen LogP contribution in [0, 0.1) is 0 Å². The monoisotopic (exact) mass is 276 g/mol. The number of hydrogen-bond donors (Lipinski definition) is 2. The molecule has 0 spiro atoms. The molecule has 1 atom stereocenters. The van der Waals surface area contributed by atoms with Crippen LogP contribution in [0.5, 0.6) is 0 Å². The van der Waals surface area contributed by atoms with Crippen LogP contribution in [0.3, 0.4) is 0 Å². The molecular formula is C17H28N2O. The molecule has 2 rings (SSSR count). The van der Waals surface area contributed by atoms with Gasteiger partial charge in [-0.25, -0.2) is 0 Å². The number of benzene rings is 1. The van der Waals surface area contributed by atoms with Gasteiger partial charge in [0.25, 0.3) is 0 Å². The van der Waals surface area contributed by atoms with Crippen molar-refractivity contribution in [1.82, 2.24) is 5.32 Å². The summed E-state index contributed by atoms with van der Waals surface area (Å²) >= 11 is 0. The summed E-state index contributed by atoms with van der Waals surface area (Å²) in [7, 11) is 0. The smallest absolute Gasteiger partial charge is 0.0518 e. The molecule has 0 amide bonds. The first kappa shape index (κ1) is 15.3. The third-order valence-corrected chi connectivity index (χ3v) is 3.69. The Morgan fingerprint density at radius 3 is 2.95 bits per heavy atom. The molecule has 1 aromatic carbocycles. The minimum Gasteiger partial charge on any atom is -0.384 e. The van der Waals surface area contributed by atoms with Crippen molar-refractivity contribution in [2.75, 3.05) is 25.0 Å². The molecule has 1 aliphatic rings.